The molecule has 5 aromatic carbocycles. The minimum absolute atomic E-state index is 0.904. The summed E-state index contributed by atoms with van der Waals surface area (Å²) in [5, 5.41) is 5.11. The predicted octanol–water partition coefficient (Wildman–Crippen LogP) is 7.20. The maximum Gasteiger partial charge on any atom is 0.138 e. The number of fused-ring (bicyclic) bond motifs is 4. The van der Waals surface area contributed by atoms with E-state index in [1.165, 1.54) is 32.7 Å². The minimum Gasteiger partial charge on any atom is -0.338 e. The summed E-state index contributed by atoms with van der Waals surface area (Å²) in [4.78, 5) is 8.27. The Hall–Kier alpha value is -3.91. The maximum absolute atomic E-state index is 4.77. The van der Waals surface area contributed by atoms with E-state index >= 15 is 0 Å². The van der Waals surface area contributed by atoms with E-state index in [1.54, 1.807) is 0 Å². The van der Waals surface area contributed by atoms with Crippen molar-refractivity contribution in [3.63, 3.8) is 0 Å². The molecule has 1 heterocycles. The van der Waals surface area contributed by atoms with Crippen molar-refractivity contribution in [2.24, 2.45) is 0 Å². The lowest BCUT2D eigenvalue weighted by molar-refractivity contribution is 1.34. The highest BCUT2D eigenvalue weighted by Gasteiger charge is 2.11. The molecular formula is C27H18N2. The SMILES string of the molecule is c1ccc(-c2nc3ccc(-c4cc5ccccc5c5ccccc45)cc3[nH]2)cc1. The van der Waals surface area contributed by atoms with Crippen LogP contribution in [0.2, 0.25) is 0 Å². The fraction of sp³-hybridized carbons (Fsp3) is 0. The molecule has 6 rings (SSSR count). The smallest absolute Gasteiger partial charge is 0.138 e. The molecule has 6 aromatic rings. The molecule has 0 radical (unpaired) electrons. The van der Waals surface area contributed by atoms with E-state index in [0.717, 1.165) is 22.4 Å². The lowest BCUT2D eigenvalue weighted by atomic mass is 9.93. The van der Waals surface area contributed by atoms with Crippen molar-refractivity contribution in [2.75, 3.05) is 0 Å². The lowest BCUT2D eigenvalue weighted by Gasteiger charge is -2.11. The monoisotopic (exact) mass is 370 g/mol. The molecule has 0 unspecified atom stereocenters. The van der Waals surface area contributed by atoms with Gasteiger partial charge in [-0.1, -0.05) is 84.9 Å². The number of rotatable bonds is 2. The summed E-state index contributed by atoms with van der Waals surface area (Å²) in [7, 11) is 0. The van der Waals surface area contributed by atoms with E-state index in [0.29, 0.717) is 0 Å². The van der Waals surface area contributed by atoms with Gasteiger partial charge in [0.15, 0.2) is 0 Å². The Labute approximate surface area is 168 Å². The summed E-state index contributed by atoms with van der Waals surface area (Å²) in [5.74, 6) is 0.904. The van der Waals surface area contributed by atoms with Crippen LogP contribution in [-0.4, -0.2) is 9.97 Å². The Bertz CT molecular complexity index is 1490. The summed E-state index contributed by atoms with van der Waals surface area (Å²) in [6.45, 7) is 0. The highest BCUT2D eigenvalue weighted by molar-refractivity contribution is 6.14. The van der Waals surface area contributed by atoms with E-state index in [1.807, 2.05) is 18.2 Å². The van der Waals surface area contributed by atoms with Crippen molar-refractivity contribution in [2.45, 2.75) is 0 Å². The molecule has 1 N–H and O–H groups in total. The Morgan fingerprint density at radius 3 is 2.14 bits per heavy atom. The maximum atomic E-state index is 4.77. The molecule has 1 aromatic heterocycles. The molecule has 0 aliphatic rings. The molecule has 0 atom stereocenters. The molecule has 0 amide bonds. The Morgan fingerprint density at radius 1 is 0.552 bits per heavy atom. The second-order valence-electron chi connectivity index (χ2n) is 7.37. The molecule has 0 saturated heterocycles. The first kappa shape index (κ1) is 16.1. The highest BCUT2D eigenvalue weighted by atomic mass is 14.9. The van der Waals surface area contributed by atoms with Gasteiger partial charge in [0.2, 0.25) is 0 Å². The van der Waals surface area contributed by atoms with Gasteiger partial charge in [-0.15, -0.1) is 0 Å². The number of H-pyrrole nitrogens is 1. The standard InChI is InChI=1S/C27H18N2/c1-2-8-18(9-3-1)27-28-25-15-14-20(17-26(25)29-27)24-16-19-10-4-5-11-21(19)22-12-6-7-13-23(22)24/h1-17H,(H,28,29). The van der Waals surface area contributed by atoms with Gasteiger partial charge in [0.1, 0.15) is 5.82 Å². The normalized spacial score (nSPS) is 11.4. The van der Waals surface area contributed by atoms with Gasteiger partial charge in [0.25, 0.3) is 0 Å². The number of hydrogen-bond donors (Lipinski definition) is 1. The van der Waals surface area contributed by atoms with Crippen LogP contribution >= 0.6 is 0 Å². The third-order valence-corrected chi connectivity index (χ3v) is 5.61. The Morgan fingerprint density at radius 2 is 1.28 bits per heavy atom. The molecule has 2 heteroatoms. The first-order valence-corrected chi connectivity index (χ1v) is 9.83. The van der Waals surface area contributed by atoms with Crippen molar-refractivity contribution in [3.05, 3.63) is 103 Å². The van der Waals surface area contributed by atoms with Gasteiger partial charge in [-0.05, 0) is 50.9 Å². The summed E-state index contributed by atoms with van der Waals surface area (Å²) in [6.07, 6.45) is 0. The Kier molecular flexibility index (Phi) is 3.50. The third-order valence-electron chi connectivity index (χ3n) is 5.61. The zero-order chi connectivity index (χ0) is 19.2. The summed E-state index contributed by atoms with van der Waals surface area (Å²) >= 11 is 0. The average Bonchev–Trinajstić information content (AvgIpc) is 3.23. The van der Waals surface area contributed by atoms with Crippen LogP contribution in [0.15, 0.2) is 103 Å². The summed E-state index contributed by atoms with van der Waals surface area (Å²) in [6, 6.07) is 36.3. The van der Waals surface area contributed by atoms with E-state index in [9.17, 15) is 0 Å². The zero-order valence-corrected chi connectivity index (χ0v) is 15.8. The number of nitrogens with one attached hydrogen (secondary N) is 1. The number of benzene rings is 5. The molecule has 0 fully saturated rings. The number of aromatic amines is 1. The molecule has 0 aliphatic carbocycles. The van der Waals surface area contributed by atoms with Crippen molar-refractivity contribution < 1.29 is 0 Å². The number of hydrogen-bond acceptors (Lipinski definition) is 1. The lowest BCUT2D eigenvalue weighted by Crippen LogP contribution is -1.84. The fourth-order valence-corrected chi connectivity index (χ4v) is 4.20. The van der Waals surface area contributed by atoms with Gasteiger partial charge in [-0.25, -0.2) is 4.98 Å². The van der Waals surface area contributed by atoms with Crippen LogP contribution in [0, 0.1) is 0 Å². The molecule has 0 bridgehead atoms. The van der Waals surface area contributed by atoms with E-state index < -0.39 is 0 Å². The van der Waals surface area contributed by atoms with E-state index in [2.05, 4.69) is 89.9 Å². The van der Waals surface area contributed by atoms with E-state index in [-0.39, 0.29) is 0 Å². The largest absolute Gasteiger partial charge is 0.338 e. The minimum atomic E-state index is 0.904. The summed E-state index contributed by atoms with van der Waals surface area (Å²) in [5.41, 5.74) is 5.58. The third kappa shape index (κ3) is 2.61. The number of nitrogens with zero attached hydrogens (tertiary/aromatic N) is 1. The second-order valence-corrected chi connectivity index (χ2v) is 7.37. The fourth-order valence-electron chi connectivity index (χ4n) is 4.20. The molecule has 29 heavy (non-hydrogen) atoms. The first-order valence-electron chi connectivity index (χ1n) is 9.83. The van der Waals surface area contributed by atoms with Gasteiger partial charge in [-0.2, -0.15) is 0 Å². The molecular weight excluding hydrogens is 352 g/mol. The van der Waals surface area contributed by atoms with Crippen LogP contribution in [0.4, 0.5) is 0 Å². The highest BCUT2D eigenvalue weighted by Crippen LogP contribution is 2.36. The quantitative estimate of drug-likeness (QED) is 0.321. The van der Waals surface area contributed by atoms with Gasteiger partial charge >= 0.3 is 0 Å². The van der Waals surface area contributed by atoms with Crippen LogP contribution in [0.3, 0.4) is 0 Å². The van der Waals surface area contributed by atoms with Crippen molar-refractivity contribution in [1.29, 1.82) is 0 Å². The molecule has 136 valence electrons. The van der Waals surface area contributed by atoms with E-state index in [4.69, 9.17) is 4.98 Å². The van der Waals surface area contributed by atoms with Crippen LogP contribution in [0.25, 0.3) is 55.1 Å². The predicted molar refractivity (Wildman–Crippen MR) is 122 cm³/mol. The van der Waals surface area contributed by atoms with Crippen molar-refractivity contribution in [1.82, 2.24) is 9.97 Å². The molecule has 0 spiro atoms. The molecule has 2 nitrogen and oxygen atoms in total. The zero-order valence-electron chi connectivity index (χ0n) is 15.8. The second kappa shape index (κ2) is 6.32. The van der Waals surface area contributed by atoms with Gasteiger partial charge in [-0.3, -0.25) is 0 Å². The van der Waals surface area contributed by atoms with Gasteiger partial charge in [0.05, 0.1) is 11.0 Å². The molecule has 0 aliphatic heterocycles. The van der Waals surface area contributed by atoms with Crippen LogP contribution in [0.5, 0.6) is 0 Å². The number of aromatic nitrogens is 2. The van der Waals surface area contributed by atoms with Crippen molar-refractivity contribution in [3.8, 4) is 22.5 Å². The first-order chi connectivity index (χ1) is 14.4. The summed E-state index contributed by atoms with van der Waals surface area (Å²) < 4.78 is 0. The number of imidazole rings is 1. The molecule has 0 saturated carbocycles. The van der Waals surface area contributed by atoms with Crippen LogP contribution in [-0.2, 0) is 0 Å². The topological polar surface area (TPSA) is 28.7 Å². The van der Waals surface area contributed by atoms with Crippen LogP contribution in [0.1, 0.15) is 0 Å². The van der Waals surface area contributed by atoms with Crippen molar-refractivity contribution >= 4 is 32.6 Å². The van der Waals surface area contributed by atoms with Gasteiger partial charge < -0.3 is 4.98 Å². The average molecular weight is 370 g/mol. The van der Waals surface area contributed by atoms with Gasteiger partial charge in [0, 0.05) is 5.56 Å². The van der Waals surface area contributed by atoms with Crippen LogP contribution < -0.4 is 0 Å². The Balaban J connectivity index is 1.58.